The maximum Gasteiger partial charge on any atom is 0.338 e. The second-order valence-electron chi connectivity index (χ2n) is 9.13. The van der Waals surface area contributed by atoms with Crippen LogP contribution in [0.15, 0.2) is 83.2 Å². The third kappa shape index (κ3) is 7.09. The minimum atomic E-state index is -0.393. The van der Waals surface area contributed by atoms with Crippen molar-refractivity contribution in [1.82, 2.24) is 4.90 Å². The molecule has 0 saturated carbocycles. The number of benzene rings is 3. The van der Waals surface area contributed by atoms with Crippen LogP contribution in [-0.4, -0.2) is 42.2 Å². The summed E-state index contributed by atoms with van der Waals surface area (Å²) in [6.45, 7) is 8.45. The molecule has 8 nitrogen and oxygen atoms in total. The van der Waals surface area contributed by atoms with Crippen molar-refractivity contribution >= 4 is 40.6 Å². The van der Waals surface area contributed by atoms with Crippen LogP contribution in [0.4, 0.5) is 5.69 Å². The molecule has 1 heterocycles. The van der Waals surface area contributed by atoms with E-state index in [4.69, 9.17) is 14.2 Å². The highest BCUT2D eigenvalue weighted by Crippen LogP contribution is 2.38. The normalized spacial score (nSPS) is 14.6. The van der Waals surface area contributed by atoms with E-state index in [0.29, 0.717) is 58.0 Å². The van der Waals surface area contributed by atoms with E-state index in [0.717, 1.165) is 16.7 Å². The lowest BCUT2D eigenvalue weighted by atomic mass is 10.0. The Hall–Kier alpha value is -4.81. The number of hydrogen-bond acceptors (Lipinski definition) is 8. The molecule has 1 aliphatic rings. The number of thioether (sulfide) groups is 1. The standard InChI is InChI=1S/C33H31N3O5S/c1-5-10-24-17-22(18-28(39-6-2)30(24)41-21-26-12-9-8-11-25(26)20-34)19-29-31(37)36(4)33(42-29)35-27-15-13-23(14-16-27)32(38)40-7-3/h5,8-9,11-19H,1,6-7,10,21H2,2-4H3/b29-19-,35-33?. The van der Waals surface area contributed by atoms with Crippen LogP contribution in [0, 0.1) is 11.3 Å². The number of amides is 1. The first kappa shape index (κ1) is 30.2. The van der Waals surface area contributed by atoms with Crippen LogP contribution in [0.5, 0.6) is 11.5 Å². The van der Waals surface area contributed by atoms with Crippen LogP contribution in [0.3, 0.4) is 0 Å². The average Bonchev–Trinajstić information content (AvgIpc) is 3.25. The zero-order valence-electron chi connectivity index (χ0n) is 23.8. The lowest BCUT2D eigenvalue weighted by molar-refractivity contribution is -0.121. The number of likely N-dealkylation sites (N-methyl/N-ethyl adjacent to an activating group) is 1. The lowest BCUT2D eigenvalue weighted by Crippen LogP contribution is -2.23. The van der Waals surface area contributed by atoms with Gasteiger partial charge in [-0.25, -0.2) is 9.79 Å². The maximum atomic E-state index is 13.1. The van der Waals surface area contributed by atoms with Gasteiger partial charge >= 0.3 is 5.97 Å². The van der Waals surface area contributed by atoms with Crippen molar-refractivity contribution in [2.75, 3.05) is 20.3 Å². The number of ether oxygens (including phenoxy) is 3. The fourth-order valence-electron chi connectivity index (χ4n) is 4.21. The smallest absolute Gasteiger partial charge is 0.338 e. The predicted octanol–water partition coefficient (Wildman–Crippen LogP) is 6.67. The highest BCUT2D eigenvalue weighted by atomic mass is 32.2. The molecule has 1 saturated heterocycles. The topological polar surface area (TPSA) is 101 Å². The molecule has 0 bridgehead atoms. The van der Waals surface area contributed by atoms with Crippen LogP contribution in [0.2, 0.25) is 0 Å². The summed E-state index contributed by atoms with van der Waals surface area (Å²) in [4.78, 5) is 31.7. The highest BCUT2D eigenvalue weighted by Gasteiger charge is 2.30. The van der Waals surface area contributed by atoms with Gasteiger partial charge in [0.2, 0.25) is 0 Å². The average molecular weight is 582 g/mol. The largest absolute Gasteiger partial charge is 0.490 e. The number of aliphatic imine (C=N–C) groups is 1. The molecule has 9 heteroatoms. The quantitative estimate of drug-likeness (QED) is 0.142. The zero-order valence-corrected chi connectivity index (χ0v) is 24.6. The van der Waals surface area contributed by atoms with Crippen LogP contribution in [0.1, 0.15) is 46.5 Å². The van der Waals surface area contributed by atoms with E-state index in [-0.39, 0.29) is 12.5 Å². The van der Waals surface area contributed by atoms with Crippen LogP contribution in [-0.2, 0) is 22.6 Å². The Balaban J connectivity index is 1.62. The third-order valence-electron chi connectivity index (χ3n) is 6.23. The summed E-state index contributed by atoms with van der Waals surface area (Å²) >= 11 is 1.26. The van der Waals surface area contributed by atoms with Crippen molar-refractivity contribution in [2.24, 2.45) is 4.99 Å². The molecule has 1 fully saturated rings. The number of nitrogens with zero attached hydrogens (tertiary/aromatic N) is 3. The van der Waals surface area contributed by atoms with Gasteiger partial charge in [-0.2, -0.15) is 5.26 Å². The third-order valence-corrected chi connectivity index (χ3v) is 7.29. The molecule has 0 unspecified atom stereocenters. The van der Waals surface area contributed by atoms with Gasteiger partial charge in [0.15, 0.2) is 16.7 Å². The number of carbonyl (C=O) groups is 2. The maximum absolute atomic E-state index is 13.1. The molecule has 42 heavy (non-hydrogen) atoms. The van der Waals surface area contributed by atoms with Gasteiger partial charge in [0.05, 0.1) is 41.0 Å². The molecular weight excluding hydrogens is 550 g/mol. The molecule has 0 aliphatic carbocycles. The van der Waals surface area contributed by atoms with Crippen molar-refractivity contribution in [2.45, 2.75) is 26.9 Å². The molecular formula is C33H31N3O5S. The fourth-order valence-corrected chi connectivity index (χ4v) is 5.19. The second kappa shape index (κ2) is 14.2. The number of rotatable bonds is 11. The van der Waals surface area contributed by atoms with Gasteiger partial charge in [-0.15, -0.1) is 6.58 Å². The monoisotopic (exact) mass is 581 g/mol. The molecule has 3 aromatic rings. The Morgan fingerprint density at radius 1 is 1.07 bits per heavy atom. The van der Waals surface area contributed by atoms with E-state index in [9.17, 15) is 14.9 Å². The number of allylic oxidation sites excluding steroid dienone is 1. The predicted molar refractivity (Wildman–Crippen MR) is 165 cm³/mol. The zero-order chi connectivity index (χ0) is 30.1. The SMILES string of the molecule is C=CCc1cc(/C=C2\SC(=Nc3ccc(C(=O)OCC)cc3)N(C)C2=O)cc(OCC)c1OCc1ccccc1C#N. The summed E-state index contributed by atoms with van der Waals surface area (Å²) in [5.41, 5.74) is 3.98. The first-order valence-corrected chi connectivity index (χ1v) is 14.2. The molecule has 1 aliphatic heterocycles. The molecule has 0 spiro atoms. The van der Waals surface area contributed by atoms with E-state index in [2.05, 4.69) is 17.6 Å². The van der Waals surface area contributed by atoms with Gasteiger partial charge in [0, 0.05) is 18.2 Å². The summed E-state index contributed by atoms with van der Waals surface area (Å²) in [6, 6.07) is 20.0. The minimum Gasteiger partial charge on any atom is -0.490 e. The van der Waals surface area contributed by atoms with E-state index < -0.39 is 5.97 Å². The van der Waals surface area contributed by atoms with E-state index in [1.54, 1.807) is 56.5 Å². The van der Waals surface area contributed by atoms with Crippen molar-refractivity contribution in [1.29, 1.82) is 5.26 Å². The lowest BCUT2D eigenvalue weighted by Gasteiger charge is -2.17. The first-order chi connectivity index (χ1) is 20.4. The van der Waals surface area contributed by atoms with Crippen molar-refractivity contribution in [3.8, 4) is 17.6 Å². The van der Waals surface area contributed by atoms with Crippen molar-refractivity contribution in [3.05, 3.63) is 106 Å². The molecule has 3 aromatic carbocycles. The number of hydrogen-bond donors (Lipinski definition) is 0. The fraction of sp³-hybridized carbons (Fsp3) is 0.212. The van der Waals surface area contributed by atoms with Gasteiger partial charge in [-0.05, 0) is 86.1 Å². The number of esters is 1. The summed E-state index contributed by atoms with van der Waals surface area (Å²) in [6.07, 6.45) is 4.10. The minimum absolute atomic E-state index is 0.182. The summed E-state index contributed by atoms with van der Waals surface area (Å²) in [7, 11) is 1.67. The molecule has 214 valence electrons. The van der Waals surface area contributed by atoms with Gasteiger partial charge in [0.25, 0.3) is 5.91 Å². The Morgan fingerprint density at radius 2 is 1.83 bits per heavy atom. The van der Waals surface area contributed by atoms with Crippen molar-refractivity contribution in [3.63, 3.8) is 0 Å². The van der Waals surface area contributed by atoms with Gasteiger partial charge < -0.3 is 14.2 Å². The Labute approximate surface area is 249 Å². The Morgan fingerprint density at radius 3 is 2.52 bits per heavy atom. The van der Waals surface area contributed by atoms with Gasteiger partial charge in [-0.1, -0.05) is 24.3 Å². The number of nitriles is 1. The van der Waals surface area contributed by atoms with E-state index in [1.807, 2.05) is 37.3 Å². The summed E-state index contributed by atoms with van der Waals surface area (Å²) in [5.74, 6) is 0.536. The van der Waals surface area contributed by atoms with Crippen molar-refractivity contribution < 1.29 is 23.8 Å². The molecule has 4 rings (SSSR count). The Bertz CT molecular complexity index is 1590. The first-order valence-electron chi connectivity index (χ1n) is 13.4. The highest BCUT2D eigenvalue weighted by molar-refractivity contribution is 8.18. The molecule has 0 aromatic heterocycles. The summed E-state index contributed by atoms with van der Waals surface area (Å²) < 4.78 is 17.2. The van der Waals surface area contributed by atoms with Gasteiger partial charge in [-0.3, -0.25) is 9.69 Å². The van der Waals surface area contributed by atoms with Crippen LogP contribution < -0.4 is 9.47 Å². The van der Waals surface area contributed by atoms with E-state index in [1.165, 1.54) is 16.7 Å². The van der Waals surface area contributed by atoms with E-state index >= 15 is 0 Å². The van der Waals surface area contributed by atoms with Crippen LogP contribution >= 0.6 is 11.8 Å². The second-order valence-corrected chi connectivity index (χ2v) is 10.1. The number of carbonyl (C=O) groups excluding carboxylic acids is 2. The van der Waals surface area contributed by atoms with Crippen LogP contribution in [0.25, 0.3) is 6.08 Å². The molecule has 1 amide bonds. The molecule has 0 N–H and O–H groups in total. The molecule has 0 atom stereocenters. The van der Waals surface area contributed by atoms with Gasteiger partial charge in [0.1, 0.15) is 6.61 Å². The number of amidine groups is 1. The Kier molecular flexibility index (Phi) is 10.2. The summed E-state index contributed by atoms with van der Waals surface area (Å²) in [5, 5.41) is 9.96. The molecule has 0 radical (unpaired) electrons.